The first kappa shape index (κ1) is 17.8. The van der Waals surface area contributed by atoms with Gasteiger partial charge in [0.15, 0.2) is 0 Å². The third-order valence-electron chi connectivity index (χ3n) is 5.35. The van der Waals surface area contributed by atoms with Crippen molar-refractivity contribution in [3.8, 4) is 11.8 Å². The van der Waals surface area contributed by atoms with Gasteiger partial charge in [0.05, 0.1) is 16.3 Å². The van der Waals surface area contributed by atoms with Gasteiger partial charge in [0.1, 0.15) is 29.1 Å². The van der Waals surface area contributed by atoms with Gasteiger partial charge in [-0.2, -0.15) is 5.26 Å². The molecular weight excluding hydrogens is 388 g/mol. The number of amides is 1. The van der Waals surface area contributed by atoms with Crippen LogP contribution in [-0.4, -0.2) is 46.1 Å². The second-order valence-electron chi connectivity index (χ2n) is 7.33. The van der Waals surface area contributed by atoms with E-state index in [4.69, 9.17) is 10.00 Å². The van der Waals surface area contributed by atoms with Crippen LogP contribution >= 0.6 is 11.3 Å². The molecular formula is C20H18N6O2S. The van der Waals surface area contributed by atoms with Gasteiger partial charge in [-0.05, 0) is 31.0 Å². The summed E-state index contributed by atoms with van der Waals surface area (Å²) >= 11 is 1.59. The summed E-state index contributed by atoms with van der Waals surface area (Å²) in [5.74, 6) is 1.39. The zero-order valence-corrected chi connectivity index (χ0v) is 16.3. The molecule has 1 saturated carbocycles. The van der Waals surface area contributed by atoms with E-state index in [1.807, 2.05) is 34.7 Å². The van der Waals surface area contributed by atoms with Crippen molar-refractivity contribution in [2.24, 2.45) is 5.92 Å². The second kappa shape index (κ2) is 7.29. The lowest BCUT2D eigenvalue weighted by molar-refractivity contribution is -0.131. The molecule has 2 aromatic heterocycles. The highest BCUT2D eigenvalue weighted by molar-refractivity contribution is 7.16. The minimum Gasteiger partial charge on any atom is -0.488 e. The highest BCUT2D eigenvalue weighted by Crippen LogP contribution is 2.35. The molecule has 0 unspecified atom stereocenters. The third kappa shape index (κ3) is 3.47. The lowest BCUT2D eigenvalue weighted by Gasteiger charge is -2.41. The molecule has 1 aliphatic carbocycles. The molecule has 3 aromatic rings. The van der Waals surface area contributed by atoms with Crippen LogP contribution in [0, 0.1) is 17.2 Å². The fraction of sp³-hybridized carbons (Fsp3) is 0.350. The van der Waals surface area contributed by atoms with Gasteiger partial charge in [0.25, 0.3) is 0 Å². The van der Waals surface area contributed by atoms with Gasteiger partial charge >= 0.3 is 0 Å². The lowest BCUT2D eigenvalue weighted by atomic mass is 9.81. The molecule has 2 fully saturated rings. The first-order chi connectivity index (χ1) is 14.2. The molecule has 5 rings (SSSR count). The standard InChI is InChI=1S/C20H18N6O2S/c21-8-13-4-5-22-20(25-13)26-9-14(10-26)24-19(27)12-6-15(7-12)28-16-2-1-3-17-18(16)23-11-29-17/h1-5,11-12,14-15H,6-7,9-10H2,(H,24,27). The van der Waals surface area contributed by atoms with Crippen molar-refractivity contribution in [3.63, 3.8) is 0 Å². The summed E-state index contributed by atoms with van der Waals surface area (Å²) in [5.41, 5.74) is 3.05. The monoisotopic (exact) mass is 406 g/mol. The Morgan fingerprint density at radius 3 is 2.97 bits per heavy atom. The van der Waals surface area contributed by atoms with Crippen LogP contribution < -0.4 is 15.0 Å². The zero-order chi connectivity index (χ0) is 19.8. The number of anilines is 1. The number of carbonyl (C=O) groups excluding carboxylic acids is 1. The number of ether oxygens (including phenoxy) is 1. The van der Waals surface area contributed by atoms with Crippen LogP contribution in [0.2, 0.25) is 0 Å². The van der Waals surface area contributed by atoms with E-state index in [1.165, 1.54) is 0 Å². The van der Waals surface area contributed by atoms with Gasteiger partial charge in [-0.25, -0.2) is 15.0 Å². The Hall–Kier alpha value is -3.25. The van der Waals surface area contributed by atoms with Crippen molar-refractivity contribution >= 4 is 33.4 Å². The van der Waals surface area contributed by atoms with Crippen LogP contribution in [0.5, 0.6) is 5.75 Å². The van der Waals surface area contributed by atoms with E-state index in [1.54, 1.807) is 23.6 Å². The zero-order valence-electron chi connectivity index (χ0n) is 15.5. The maximum Gasteiger partial charge on any atom is 0.226 e. The average Bonchev–Trinajstić information content (AvgIpc) is 3.16. The molecule has 1 amide bonds. The quantitative estimate of drug-likeness (QED) is 0.692. The number of carbonyl (C=O) groups is 1. The Labute approximate surface area is 171 Å². The SMILES string of the molecule is N#Cc1ccnc(N2CC(NC(=O)C3CC(Oc4cccc5scnc45)C3)C2)n1. The molecule has 0 bridgehead atoms. The number of nitrogens with one attached hydrogen (secondary N) is 1. The Bertz CT molecular complexity index is 1100. The van der Waals surface area contributed by atoms with E-state index in [0.717, 1.165) is 28.8 Å². The normalized spacial score (nSPS) is 21.1. The first-order valence-corrected chi connectivity index (χ1v) is 10.3. The smallest absolute Gasteiger partial charge is 0.226 e. The molecule has 0 radical (unpaired) electrons. The summed E-state index contributed by atoms with van der Waals surface area (Å²) in [7, 11) is 0. The average molecular weight is 406 g/mol. The minimum absolute atomic E-state index is 0.0122. The summed E-state index contributed by atoms with van der Waals surface area (Å²) in [6.07, 6.45) is 3.07. The van der Waals surface area contributed by atoms with Gasteiger partial charge in [0.2, 0.25) is 11.9 Å². The van der Waals surface area contributed by atoms with Gasteiger partial charge in [-0.3, -0.25) is 4.79 Å². The van der Waals surface area contributed by atoms with Crippen molar-refractivity contribution in [1.82, 2.24) is 20.3 Å². The summed E-state index contributed by atoms with van der Waals surface area (Å²) < 4.78 is 7.16. The summed E-state index contributed by atoms with van der Waals surface area (Å²) in [5, 5.41) is 12.0. The molecule has 2 aliphatic rings. The molecule has 146 valence electrons. The number of nitrogens with zero attached hydrogens (tertiary/aromatic N) is 5. The van der Waals surface area contributed by atoms with Crippen molar-refractivity contribution in [1.29, 1.82) is 5.26 Å². The number of hydrogen-bond donors (Lipinski definition) is 1. The lowest BCUT2D eigenvalue weighted by Crippen LogP contribution is -2.61. The molecule has 3 heterocycles. The second-order valence-corrected chi connectivity index (χ2v) is 8.21. The molecule has 1 aromatic carbocycles. The summed E-state index contributed by atoms with van der Waals surface area (Å²) in [6, 6.07) is 9.60. The number of thiazole rings is 1. The predicted molar refractivity (Wildman–Crippen MR) is 108 cm³/mol. The topological polar surface area (TPSA) is 104 Å². The molecule has 8 nitrogen and oxygen atoms in total. The third-order valence-corrected chi connectivity index (χ3v) is 6.15. The Morgan fingerprint density at radius 2 is 2.14 bits per heavy atom. The molecule has 1 aliphatic heterocycles. The van der Waals surface area contributed by atoms with Crippen LogP contribution in [0.4, 0.5) is 5.95 Å². The number of hydrogen-bond acceptors (Lipinski definition) is 8. The van der Waals surface area contributed by atoms with Crippen LogP contribution in [-0.2, 0) is 4.79 Å². The van der Waals surface area contributed by atoms with Crippen LogP contribution in [0.3, 0.4) is 0 Å². The van der Waals surface area contributed by atoms with Gasteiger partial charge < -0.3 is 15.0 Å². The van der Waals surface area contributed by atoms with E-state index < -0.39 is 0 Å². The van der Waals surface area contributed by atoms with E-state index in [0.29, 0.717) is 24.7 Å². The number of para-hydroxylation sites is 1. The van der Waals surface area contributed by atoms with E-state index in [2.05, 4.69) is 20.3 Å². The summed E-state index contributed by atoms with van der Waals surface area (Å²) in [6.45, 7) is 1.30. The maximum atomic E-state index is 12.5. The minimum atomic E-state index is -0.0122. The molecule has 0 atom stereocenters. The fourth-order valence-corrected chi connectivity index (χ4v) is 4.32. The number of fused-ring (bicyclic) bond motifs is 1. The highest BCUT2D eigenvalue weighted by Gasteiger charge is 2.39. The van der Waals surface area contributed by atoms with Gasteiger partial charge in [-0.15, -0.1) is 11.3 Å². The van der Waals surface area contributed by atoms with E-state index >= 15 is 0 Å². The fourth-order valence-electron chi connectivity index (χ4n) is 3.63. The maximum absolute atomic E-state index is 12.5. The highest BCUT2D eigenvalue weighted by atomic mass is 32.1. The first-order valence-electron chi connectivity index (χ1n) is 9.47. The van der Waals surface area contributed by atoms with Crippen LogP contribution in [0.25, 0.3) is 10.2 Å². The predicted octanol–water partition coefficient (Wildman–Crippen LogP) is 2.12. The van der Waals surface area contributed by atoms with E-state index in [-0.39, 0.29) is 24.0 Å². The van der Waals surface area contributed by atoms with Gasteiger partial charge in [-0.1, -0.05) is 6.07 Å². The number of aromatic nitrogens is 3. The molecule has 1 N–H and O–H groups in total. The molecule has 0 spiro atoms. The van der Waals surface area contributed by atoms with Crippen molar-refractivity contribution in [2.45, 2.75) is 25.0 Å². The van der Waals surface area contributed by atoms with Crippen molar-refractivity contribution < 1.29 is 9.53 Å². The Morgan fingerprint density at radius 1 is 1.28 bits per heavy atom. The molecule has 1 saturated heterocycles. The number of benzene rings is 1. The van der Waals surface area contributed by atoms with Crippen LogP contribution in [0.15, 0.2) is 36.0 Å². The molecule has 29 heavy (non-hydrogen) atoms. The summed E-state index contributed by atoms with van der Waals surface area (Å²) in [4.78, 5) is 27.1. The van der Waals surface area contributed by atoms with Gasteiger partial charge in [0, 0.05) is 25.2 Å². The largest absolute Gasteiger partial charge is 0.488 e. The Balaban J connectivity index is 1.09. The number of nitriles is 1. The number of rotatable bonds is 5. The van der Waals surface area contributed by atoms with Crippen molar-refractivity contribution in [3.05, 3.63) is 41.7 Å². The van der Waals surface area contributed by atoms with Crippen molar-refractivity contribution in [2.75, 3.05) is 18.0 Å². The van der Waals surface area contributed by atoms with E-state index in [9.17, 15) is 4.79 Å². The Kier molecular flexibility index (Phi) is 4.48. The van der Waals surface area contributed by atoms with Crippen LogP contribution in [0.1, 0.15) is 18.5 Å². The molecule has 9 heteroatoms.